The van der Waals surface area contributed by atoms with Gasteiger partial charge in [-0.1, -0.05) is 24.3 Å². The van der Waals surface area contributed by atoms with Gasteiger partial charge < -0.3 is 10.7 Å². The van der Waals surface area contributed by atoms with Gasteiger partial charge in [-0.05, 0) is 25.3 Å². The zero-order chi connectivity index (χ0) is 11.9. The molecule has 0 amide bonds. The molecule has 1 fully saturated rings. The number of H-pyrrole nitrogens is 1. The van der Waals surface area contributed by atoms with Crippen molar-refractivity contribution in [1.29, 1.82) is 0 Å². The van der Waals surface area contributed by atoms with E-state index in [0.29, 0.717) is 0 Å². The van der Waals surface area contributed by atoms with Gasteiger partial charge in [-0.3, -0.25) is 0 Å². The monoisotopic (exact) mass is 227 g/mol. The number of nitrogens with one attached hydrogen (secondary N) is 1. The first-order chi connectivity index (χ1) is 8.22. The van der Waals surface area contributed by atoms with Gasteiger partial charge in [-0.2, -0.15) is 0 Å². The summed E-state index contributed by atoms with van der Waals surface area (Å²) in [6, 6.07) is 8.85. The van der Waals surface area contributed by atoms with Crippen molar-refractivity contribution < 1.29 is 0 Å². The standard InChI is InChI=1S/C14H17N3/c1-10(15)14(6-7-14)12-4-2-11(3-5-12)13-16-8-9-17-13/h2-5,8-10H,6-7,15H2,1H3,(H,16,17). The number of aromatic amines is 1. The number of benzene rings is 1. The molecule has 0 spiro atoms. The summed E-state index contributed by atoms with van der Waals surface area (Å²) in [7, 11) is 0. The van der Waals surface area contributed by atoms with E-state index in [1.54, 1.807) is 6.20 Å². The van der Waals surface area contributed by atoms with Crippen LogP contribution in [0.15, 0.2) is 36.7 Å². The minimum Gasteiger partial charge on any atom is -0.345 e. The summed E-state index contributed by atoms with van der Waals surface area (Å²) in [5.74, 6) is 0.919. The molecule has 1 aromatic carbocycles. The fourth-order valence-electron chi connectivity index (χ4n) is 2.52. The van der Waals surface area contributed by atoms with Gasteiger partial charge in [0.1, 0.15) is 5.82 Å². The molecule has 1 aliphatic carbocycles. The third-order valence-corrected chi connectivity index (χ3v) is 3.89. The Morgan fingerprint density at radius 1 is 1.29 bits per heavy atom. The smallest absolute Gasteiger partial charge is 0.137 e. The van der Waals surface area contributed by atoms with Crippen LogP contribution in [0.2, 0.25) is 0 Å². The van der Waals surface area contributed by atoms with Crippen molar-refractivity contribution in [3.05, 3.63) is 42.2 Å². The molecule has 1 unspecified atom stereocenters. The lowest BCUT2D eigenvalue weighted by Crippen LogP contribution is -2.31. The number of nitrogens with zero attached hydrogens (tertiary/aromatic N) is 1. The molecule has 0 bridgehead atoms. The lowest BCUT2D eigenvalue weighted by Gasteiger charge is -2.20. The first kappa shape index (κ1) is 10.5. The van der Waals surface area contributed by atoms with Crippen LogP contribution in [0.3, 0.4) is 0 Å². The molecule has 0 aliphatic heterocycles. The van der Waals surface area contributed by atoms with Crippen LogP contribution in [0.1, 0.15) is 25.3 Å². The molecule has 17 heavy (non-hydrogen) atoms. The molecule has 2 aromatic rings. The number of rotatable bonds is 3. The van der Waals surface area contributed by atoms with E-state index in [2.05, 4.69) is 41.2 Å². The van der Waals surface area contributed by atoms with Crippen molar-refractivity contribution in [3.63, 3.8) is 0 Å². The minimum absolute atomic E-state index is 0.233. The van der Waals surface area contributed by atoms with Crippen LogP contribution in [0, 0.1) is 0 Å². The van der Waals surface area contributed by atoms with Gasteiger partial charge >= 0.3 is 0 Å². The van der Waals surface area contributed by atoms with Crippen molar-refractivity contribution >= 4 is 0 Å². The largest absolute Gasteiger partial charge is 0.345 e. The second-order valence-corrected chi connectivity index (χ2v) is 4.96. The van der Waals surface area contributed by atoms with Crippen molar-refractivity contribution in [1.82, 2.24) is 9.97 Å². The third kappa shape index (κ3) is 1.67. The molecule has 0 saturated heterocycles. The van der Waals surface area contributed by atoms with E-state index in [0.717, 1.165) is 11.4 Å². The number of nitrogens with two attached hydrogens (primary N) is 1. The maximum atomic E-state index is 6.08. The van der Waals surface area contributed by atoms with Gasteiger partial charge in [0.15, 0.2) is 0 Å². The minimum atomic E-state index is 0.233. The molecule has 1 heterocycles. The van der Waals surface area contributed by atoms with Crippen LogP contribution < -0.4 is 5.73 Å². The lowest BCUT2D eigenvalue weighted by molar-refractivity contribution is 0.557. The van der Waals surface area contributed by atoms with E-state index < -0.39 is 0 Å². The van der Waals surface area contributed by atoms with E-state index in [1.807, 2.05) is 6.20 Å². The molecule has 1 saturated carbocycles. The van der Waals surface area contributed by atoms with Gasteiger partial charge in [0, 0.05) is 29.4 Å². The molecular formula is C14H17N3. The maximum absolute atomic E-state index is 6.08. The molecular weight excluding hydrogens is 210 g/mol. The second kappa shape index (κ2) is 3.70. The Morgan fingerprint density at radius 3 is 2.47 bits per heavy atom. The Bertz CT molecular complexity index is 493. The Morgan fingerprint density at radius 2 is 2.00 bits per heavy atom. The summed E-state index contributed by atoms with van der Waals surface area (Å²) in [4.78, 5) is 7.36. The summed E-state index contributed by atoms with van der Waals surface area (Å²) in [5.41, 5.74) is 8.80. The molecule has 0 radical (unpaired) electrons. The first-order valence-electron chi connectivity index (χ1n) is 6.08. The SMILES string of the molecule is CC(N)C1(c2ccc(-c3ncc[nH]3)cc2)CC1. The normalized spacial score (nSPS) is 18.9. The van der Waals surface area contributed by atoms with Crippen molar-refractivity contribution in [2.24, 2.45) is 5.73 Å². The summed E-state index contributed by atoms with van der Waals surface area (Å²) in [6.07, 6.45) is 6.04. The Kier molecular flexibility index (Phi) is 2.30. The van der Waals surface area contributed by atoms with Crippen molar-refractivity contribution in [2.45, 2.75) is 31.2 Å². The number of hydrogen-bond acceptors (Lipinski definition) is 2. The first-order valence-corrected chi connectivity index (χ1v) is 6.08. The van der Waals surface area contributed by atoms with Gasteiger partial charge in [0.2, 0.25) is 0 Å². The zero-order valence-corrected chi connectivity index (χ0v) is 9.98. The molecule has 88 valence electrons. The van der Waals surface area contributed by atoms with Crippen LogP contribution >= 0.6 is 0 Å². The second-order valence-electron chi connectivity index (χ2n) is 4.96. The van der Waals surface area contributed by atoms with Crippen LogP contribution in [0.4, 0.5) is 0 Å². The molecule has 3 heteroatoms. The maximum Gasteiger partial charge on any atom is 0.137 e. The predicted octanol–water partition coefficient (Wildman–Crippen LogP) is 2.46. The number of hydrogen-bond donors (Lipinski definition) is 2. The molecule has 3 rings (SSSR count). The topological polar surface area (TPSA) is 54.7 Å². The van der Waals surface area contributed by atoms with Gasteiger partial charge in [-0.15, -0.1) is 0 Å². The average molecular weight is 227 g/mol. The molecule has 1 atom stereocenters. The summed E-state index contributed by atoms with van der Waals surface area (Å²) in [6.45, 7) is 2.10. The van der Waals surface area contributed by atoms with E-state index >= 15 is 0 Å². The van der Waals surface area contributed by atoms with Crippen LogP contribution in [0.5, 0.6) is 0 Å². The van der Waals surface area contributed by atoms with Crippen LogP contribution in [0.25, 0.3) is 11.4 Å². The van der Waals surface area contributed by atoms with E-state index in [4.69, 9.17) is 5.73 Å². The predicted molar refractivity (Wildman–Crippen MR) is 68.6 cm³/mol. The Labute approximate surface area is 101 Å². The third-order valence-electron chi connectivity index (χ3n) is 3.89. The van der Waals surface area contributed by atoms with Crippen LogP contribution in [-0.2, 0) is 5.41 Å². The molecule has 3 N–H and O–H groups in total. The van der Waals surface area contributed by atoms with Crippen LogP contribution in [-0.4, -0.2) is 16.0 Å². The molecule has 3 nitrogen and oxygen atoms in total. The highest BCUT2D eigenvalue weighted by Crippen LogP contribution is 2.50. The Hall–Kier alpha value is -1.61. The zero-order valence-electron chi connectivity index (χ0n) is 9.98. The van der Waals surface area contributed by atoms with Crippen molar-refractivity contribution in [2.75, 3.05) is 0 Å². The van der Waals surface area contributed by atoms with Gasteiger partial charge in [0.25, 0.3) is 0 Å². The summed E-state index contributed by atoms with van der Waals surface area (Å²) < 4.78 is 0. The average Bonchev–Trinajstić information content (AvgIpc) is 2.98. The summed E-state index contributed by atoms with van der Waals surface area (Å²) in [5, 5.41) is 0. The fourth-order valence-corrected chi connectivity index (χ4v) is 2.52. The Balaban J connectivity index is 1.91. The molecule has 1 aromatic heterocycles. The quantitative estimate of drug-likeness (QED) is 0.846. The van der Waals surface area contributed by atoms with E-state index in [9.17, 15) is 0 Å². The highest BCUT2D eigenvalue weighted by molar-refractivity contribution is 5.56. The highest BCUT2D eigenvalue weighted by atomic mass is 14.9. The number of aromatic nitrogens is 2. The number of imidazole rings is 1. The van der Waals surface area contributed by atoms with Gasteiger partial charge in [0.05, 0.1) is 0 Å². The fraction of sp³-hybridized carbons (Fsp3) is 0.357. The lowest BCUT2D eigenvalue weighted by atomic mass is 9.89. The van der Waals surface area contributed by atoms with E-state index in [-0.39, 0.29) is 11.5 Å². The van der Waals surface area contributed by atoms with Crippen molar-refractivity contribution in [3.8, 4) is 11.4 Å². The molecule has 1 aliphatic rings. The van der Waals surface area contributed by atoms with Gasteiger partial charge in [-0.25, -0.2) is 4.98 Å². The summed E-state index contributed by atoms with van der Waals surface area (Å²) >= 11 is 0. The highest BCUT2D eigenvalue weighted by Gasteiger charge is 2.47. The van der Waals surface area contributed by atoms with E-state index in [1.165, 1.54) is 18.4 Å².